The molecule has 104 valence electrons. The summed E-state index contributed by atoms with van der Waals surface area (Å²) in [4.78, 5) is 6.51. The van der Waals surface area contributed by atoms with Crippen molar-refractivity contribution in [2.24, 2.45) is 0 Å². The van der Waals surface area contributed by atoms with E-state index >= 15 is 0 Å². The van der Waals surface area contributed by atoms with E-state index < -0.39 is 0 Å². The first kappa shape index (κ1) is 13.7. The summed E-state index contributed by atoms with van der Waals surface area (Å²) in [5.74, 6) is 1.73. The lowest BCUT2D eigenvalue weighted by molar-refractivity contribution is 0.430. The molecule has 0 aliphatic heterocycles. The van der Waals surface area contributed by atoms with E-state index in [2.05, 4.69) is 46.2 Å². The Balaban J connectivity index is 2.11. The van der Waals surface area contributed by atoms with Crippen LogP contribution in [0, 0.1) is 6.92 Å². The molecule has 0 aliphatic rings. The fraction of sp³-hybridized carbons (Fsp3) is 0.615. The number of nitrogens with zero attached hydrogens (tertiary/aromatic N) is 5. The highest BCUT2D eigenvalue weighted by atomic mass is 15.3. The van der Waals surface area contributed by atoms with Crippen LogP contribution in [0.1, 0.15) is 26.6 Å². The molecule has 2 rings (SSSR count). The zero-order valence-corrected chi connectivity index (χ0v) is 12.3. The molecule has 2 aromatic rings. The SMILES string of the molecule is Cc1nnc2c(N(C)CCNC(C)(C)C)nccn12. The van der Waals surface area contributed by atoms with Gasteiger partial charge in [-0.25, -0.2) is 4.98 Å². The van der Waals surface area contributed by atoms with Crippen LogP contribution >= 0.6 is 0 Å². The lowest BCUT2D eigenvalue weighted by Crippen LogP contribution is -2.40. The molecule has 0 saturated carbocycles. The second-order valence-electron chi connectivity index (χ2n) is 5.79. The van der Waals surface area contributed by atoms with E-state index in [-0.39, 0.29) is 5.54 Å². The lowest BCUT2D eigenvalue weighted by Gasteiger charge is -2.24. The van der Waals surface area contributed by atoms with Gasteiger partial charge in [-0.2, -0.15) is 0 Å². The second-order valence-corrected chi connectivity index (χ2v) is 5.79. The van der Waals surface area contributed by atoms with Gasteiger partial charge in [-0.05, 0) is 27.7 Å². The highest BCUT2D eigenvalue weighted by Crippen LogP contribution is 2.15. The van der Waals surface area contributed by atoms with Gasteiger partial charge in [0.05, 0.1) is 0 Å². The Hall–Kier alpha value is -1.69. The van der Waals surface area contributed by atoms with Gasteiger partial charge in [0.2, 0.25) is 5.65 Å². The Morgan fingerprint density at radius 2 is 2.05 bits per heavy atom. The summed E-state index contributed by atoms with van der Waals surface area (Å²) in [5.41, 5.74) is 0.935. The van der Waals surface area contributed by atoms with Crippen LogP contribution in [0.2, 0.25) is 0 Å². The molecule has 0 aromatic carbocycles. The van der Waals surface area contributed by atoms with Crippen LogP contribution < -0.4 is 10.2 Å². The first-order chi connectivity index (χ1) is 8.88. The molecule has 0 spiro atoms. The molecule has 0 amide bonds. The number of hydrogen-bond donors (Lipinski definition) is 1. The van der Waals surface area contributed by atoms with Crippen LogP contribution in [0.3, 0.4) is 0 Å². The van der Waals surface area contributed by atoms with Crippen LogP contribution in [0.15, 0.2) is 12.4 Å². The maximum atomic E-state index is 4.41. The number of aryl methyl sites for hydroxylation is 1. The Kier molecular flexibility index (Phi) is 3.71. The van der Waals surface area contributed by atoms with E-state index in [0.29, 0.717) is 0 Å². The Morgan fingerprint density at radius 3 is 2.74 bits per heavy atom. The number of aromatic nitrogens is 4. The van der Waals surface area contributed by atoms with E-state index in [0.717, 1.165) is 30.4 Å². The van der Waals surface area contributed by atoms with E-state index in [1.807, 2.05) is 24.6 Å². The largest absolute Gasteiger partial charge is 0.355 e. The molecule has 0 fully saturated rings. The van der Waals surface area contributed by atoms with Crippen molar-refractivity contribution in [3.63, 3.8) is 0 Å². The first-order valence-electron chi connectivity index (χ1n) is 6.51. The van der Waals surface area contributed by atoms with E-state index in [4.69, 9.17) is 0 Å². The number of hydrogen-bond acceptors (Lipinski definition) is 5. The summed E-state index contributed by atoms with van der Waals surface area (Å²) in [5, 5.41) is 11.7. The van der Waals surface area contributed by atoms with Crippen molar-refractivity contribution in [3.8, 4) is 0 Å². The zero-order chi connectivity index (χ0) is 14.0. The number of likely N-dealkylation sites (N-methyl/N-ethyl adjacent to an activating group) is 1. The maximum Gasteiger partial charge on any atom is 0.203 e. The first-order valence-corrected chi connectivity index (χ1v) is 6.51. The molecule has 19 heavy (non-hydrogen) atoms. The molecular weight excluding hydrogens is 240 g/mol. The summed E-state index contributed by atoms with van der Waals surface area (Å²) >= 11 is 0. The van der Waals surface area contributed by atoms with Crippen LogP contribution in [0.4, 0.5) is 5.82 Å². The fourth-order valence-corrected chi connectivity index (χ4v) is 1.90. The molecule has 6 nitrogen and oxygen atoms in total. The average Bonchev–Trinajstić information content (AvgIpc) is 2.69. The van der Waals surface area contributed by atoms with Gasteiger partial charge in [-0.15, -0.1) is 10.2 Å². The lowest BCUT2D eigenvalue weighted by atomic mass is 10.1. The molecule has 0 atom stereocenters. The predicted octanol–water partition coefficient (Wildman–Crippen LogP) is 1.26. The van der Waals surface area contributed by atoms with Crippen LogP contribution in [-0.2, 0) is 0 Å². The monoisotopic (exact) mass is 262 g/mol. The van der Waals surface area contributed by atoms with Crippen molar-refractivity contribution in [1.82, 2.24) is 24.9 Å². The minimum Gasteiger partial charge on any atom is -0.355 e. The number of fused-ring (bicyclic) bond motifs is 1. The Morgan fingerprint density at radius 1 is 1.32 bits per heavy atom. The predicted molar refractivity (Wildman–Crippen MR) is 76.5 cm³/mol. The third-order valence-corrected chi connectivity index (χ3v) is 2.94. The summed E-state index contributed by atoms with van der Waals surface area (Å²) < 4.78 is 1.95. The summed E-state index contributed by atoms with van der Waals surface area (Å²) in [6, 6.07) is 0. The summed E-state index contributed by atoms with van der Waals surface area (Å²) in [6.45, 7) is 10.2. The van der Waals surface area contributed by atoms with Gasteiger partial charge in [0.15, 0.2) is 5.82 Å². The van der Waals surface area contributed by atoms with Gasteiger partial charge in [0.25, 0.3) is 0 Å². The van der Waals surface area contributed by atoms with Crippen molar-refractivity contribution < 1.29 is 0 Å². The third-order valence-electron chi connectivity index (χ3n) is 2.94. The molecule has 6 heteroatoms. The van der Waals surface area contributed by atoms with Gasteiger partial charge in [0, 0.05) is 38.1 Å². The molecule has 0 unspecified atom stereocenters. The van der Waals surface area contributed by atoms with Crippen LogP contribution in [0.25, 0.3) is 5.65 Å². The quantitative estimate of drug-likeness (QED) is 0.899. The number of rotatable bonds is 4. The number of anilines is 1. The van der Waals surface area contributed by atoms with Crippen molar-refractivity contribution >= 4 is 11.5 Å². The van der Waals surface area contributed by atoms with Crippen molar-refractivity contribution in [2.45, 2.75) is 33.2 Å². The highest BCUT2D eigenvalue weighted by molar-refractivity contribution is 5.63. The van der Waals surface area contributed by atoms with Crippen LogP contribution in [0.5, 0.6) is 0 Å². The minimum absolute atomic E-state index is 0.131. The second kappa shape index (κ2) is 5.13. The van der Waals surface area contributed by atoms with Crippen LogP contribution in [-0.4, -0.2) is 45.3 Å². The average molecular weight is 262 g/mol. The maximum absolute atomic E-state index is 4.41. The summed E-state index contributed by atoms with van der Waals surface area (Å²) in [6.07, 6.45) is 3.67. The van der Waals surface area contributed by atoms with Gasteiger partial charge in [0.1, 0.15) is 5.82 Å². The molecule has 0 radical (unpaired) electrons. The van der Waals surface area contributed by atoms with Crippen molar-refractivity contribution in [1.29, 1.82) is 0 Å². The molecule has 2 aromatic heterocycles. The van der Waals surface area contributed by atoms with Crippen molar-refractivity contribution in [3.05, 3.63) is 18.2 Å². The normalized spacial score (nSPS) is 12.1. The zero-order valence-electron chi connectivity index (χ0n) is 12.3. The number of nitrogens with one attached hydrogen (secondary N) is 1. The van der Waals surface area contributed by atoms with Crippen molar-refractivity contribution in [2.75, 3.05) is 25.0 Å². The van der Waals surface area contributed by atoms with Gasteiger partial charge < -0.3 is 10.2 Å². The molecule has 1 N–H and O–H groups in total. The molecule has 0 aliphatic carbocycles. The van der Waals surface area contributed by atoms with Gasteiger partial charge in [-0.3, -0.25) is 4.40 Å². The molecular formula is C13H22N6. The Bertz CT molecular complexity index is 554. The fourth-order valence-electron chi connectivity index (χ4n) is 1.90. The van der Waals surface area contributed by atoms with Gasteiger partial charge >= 0.3 is 0 Å². The van der Waals surface area contributed by atoms with E-state index in [1.54, 1.807) is 6.20 Å². The smallest absolute Gasteiger partial charge is 0.203 e. The minimum atomic E-state index is 0.131. The van der Waals surface area contributed by atoms with Gasteiger partial charge in [-0.1, -0.05) is 0 Å². The molecule has 0 saturated heterocycles. The topological polar surface area (TPSA) is 58.4 Å². The van der Waals surface area contributed by atoms with E-state index in [1.165, 1.54) is 0 Å². The van der Waals surface area contributed by atoms with E-state index in [9.17, 15) is 0 Å². The highest BCUT2D eigenvalue weighted by Gasteiger charge is 2.13. The standard InChI is InChI=1S/C13H22N6/c1-10-16-17-12-11(14-6-9-19(10)12)18(5)8-7-15-13(2,3)4/h6,9,15H,7-8H2,1-5H3. The third kappa shape index (κ3) is 3.20. The molecule has 2 heterocycles. The Labute approximate surface area is 113 Å². The summed E-state index contributed by atoms with van der Waals surface area (Å²) in [7, 11) is 2.02. The molecule has 0 bridgehead atoms.